The van der Waals surface area contributed by atoms with Crippen LogP contribution in [0.25, 0.3) is 0 Å². The summed E-state index contributed by atoms with van der Waals surface area (Å²) in [5, 5.41) is 12.8. The van der Waals surface area contributed by atoms with E-state index in [1.807, 2.05) is 32.9 Å². The van der Waals surface area contributed by atoms with Crippen molar-refractivity contribution in [1.82, 2.24) is 0 Å². The molecule has 0 heterocycles. The predicted molar refractivity (Wildman–Crippen MR) is 93.1 cm³/mol. The minimum absolute atomic E-state index is 0.0505. The first-order chi connectivity index (χ1) is 9.89. The van der Waals surface area contributed by atoms with Crippen molar-refractivity contribution < 1.29 is 9.90 Å². The monoisotopic (exact) mass is 307 g/mol. The van der Waals surface area contributed by atoms with E-state index in [-0.39, 0.29) is 11.3 Å². The number of nitrogen functional groups attached to an aromatic ring is 1. The van der Waals surface area contributed by atoms with Gasteiger partial charge in [0, 0.05) is 25.7 Å². The van der Waals surface area contributed by atoms with E-state index < -0.39 is 5.60 Å². The summed E-state index contributed by atoms with van der Waals surface area (Å²) in [7, 11) is 1.76. The fourth-order valence-electron chi connectivity index (χ4n) is 1.95. The lowest BCUT2D eigenvalue weighted by molar-refractivity contribution is -0.120. The topological polar surface area (TPSA) is 78.6 Å². The number of hydrogen-bond donors (Lipinski definition) is 3. The molecule has 0 atom stereocenters. The number of benzene rings is 1. The fourth-order valence-corrected chi connectivity index (χ4v) is 1.95. The Bertz CT molecular complexity index is 528. The van der Waals surface area contributed by atoms with E-state index in [1.165, 1.54) is 0 Å². The lowest BCUT2D eigenvalue weighted by atomic mass is 9.91. The number of carbonyl (C=O) groups is 1. The van der Waals surface area contributed by atoms with E-state index in [9.17, 15) is 9.90 Å². The van der Waals surface area contributed by atoms with Crippen LogP contribution in [0.3, 0.4) is 0 Å². The molecule has 1 rings (SSSR count). The average molecular weight is 307 g/mol. The Kier molecular flexibility index (Phi) is 5.46. The summed E-state index contributed by atoms with van der Waals surface area (Å²) in [6.45, 7) is 9.96. The molecular weight excluding hydrogens is 278 g/mol. The van der Waals surface area contributed by atoms with Crippen molar-refractivity contribution in [3.05, 3.63) is 18.2 Å². The number of rotatable bonds is 5. The second kappa shape index (κ2) is 6.57. The predicted octanol–water partition coefficient (Wildman–Crippen LogP) is 2.85. The maximum Gasteiger partial charge on any atom is 0.227 e. The van der Waals surface area contributed by atoms with Crippen molar-refractivity contribution in [1.29, 1.82) is 0 Å². The molecule has 0 saturated heterocycles. The van der Waals surface area contributed by atoms with E-state index in [4.69, 9.17) is 5.73 Å². The molecule has 0 aliphatic carbocycles. The minimum Gasteiger partial charge on any atom is -0.397 e. The molecule has 0 saturated carbocycles. The van der Waals surface area contributed by atoms with Gasteiger partial charge in [-0.1, -0.05) is 20.8 Å². The molecule has 5 nitrogen and oxygen atoms in total. The first kappa shape index (κ1) is 18.3. The number of amides is 1. The molecule has 0 aliphatic heterocycles. The van der Waals surface area contributed by atoms with Crippen molar-refractivity contribution in [3.63, 3.8) is 0 Å². The Labute approximate surface area is 133 Å². The highest BCUT2D eigenvalue weighted by Crippen LogP contribution is 2.27. The minimum atomic E-state index is -0.815. The number of nitrogens with one attached hydrogen (secondary N) is 1. The van der Waals surface area contributed by atoms with Gasteiger partial charge < -0.3 is 21.1 Å². The van der Waals surface area contributed by atoms with Crippen LogP contribution in [-0.2, 0) is 4.79 Å². The van der Waals surface area contributed by atoms with Gasteiger partial charge in [-0.2, -0.15) is 0 Å². The lowest BCUT2D eigenvalue weighted by Gasteiger charge is -2.24. The Hall–Kier alpha value is -1.75. The number of carbonyl (C=O) groups excluding carboxylic acids is 1. The van der Waals surface area contributed by atoms with E-state index >= 15 is 0 Å². The molecule has 4 N–H and O–H groups in total. The van der Waals surface area contributed by atoms with Gasteiger partial charge in [-0.15, -0.1) is 0 Å². The quantitative estimate of drug-likeness (QED) is 0.731. The zero-order chi connectivity index (χ0) is 17.1. The maximum absolute atomic E-state index is 12.2. The third kappa shape index (κ3) is 5.93. The molecule has 22 heavy (non-hydrogen) atoms. The molecule has 5 heteroatoms. The van der Waals surface area contributed by atoms with Gasteiger partial charge >= 0.3 is 0 Å². The molecule has 1 aromatic rings. The van der Waals surface area contributed by atoms with Crippen LogP contribution in [0.2, 0.25) is 0 Å². The first-order valence-electron chi connectivity index (χ1n) is 7.51. The SMILES string of the molecule is CN(C(=O)CC(C)(C)C)c1ccc(NCC(C)(C)O)c(N)c1. The summed E-state index contributed by atoms with van der Waals surface area (Å²) in [6, 6.07) is 5.45. The smallest absolute Gasteiger partial charge is 0.227 e. The zero-order valence-electron chi connectivity index (χ0n) is 14.5. The van der Waals surface area contributed by atoms with Crippen LogP contribution in [0.15, 0.2) is 18.2 Å². The number of nitrogens with zero attached hydrogens (tertiary/aromatic N) is 1. The molecule has 0 bridgehead atoms. The van der Waals surface area contributed by atoms with Gasteiger partial charge in [-0.05, 0) is 37.5 Å². The van der Waals surface area contributed by atoms with Crippen LogP contribution in [0.4, 0.5) is 17.1 Å². The van der Waals surface area contributed by atoms with Crippen molar-refractivity contribution in [2.75, 3.05) is 29.5 Å². The van der Waals surface area contributed by atoms with Gasteiger partial charge in [0.1, 0.15) is 0 Å². The van der Waals surface area contributed by atoms with Crippen LogP contribution in [0.5, 0.6) is 0 Å². The summed E-state index contributed by atoms with van der Waals surface area (Å²) < 4.78 is 0. The first-order valence-corrected chi connectivity index (χ1v) is 7.51. The van der Waals surface area contributed by atoms with Gasteiger partial charge in [0.05, 0.1) is 17.0 Å². The second-order valence-corrected chi connectivity index (χ2v) is 7.63. The molecule has 0 radical (unpaired) electrons. The third-order valence-corrected chi connectivity index (χ3v) is 3.19. The normalized spacial score (nSPS) is 12.1. The summed E-state index contributed by atoms with van der Waals surface area (Å²) in [5.41, 5.74) is 7.24. The highest BCUT2D eigenvalue weighted by atomic mass is 16.3. The van der Waals surface area contributed by atoms with Gasteiger partial charge in [0.2, 0.25) is 5.91 Å². The van der Waals surface area contributed by atoms with Crippen molar-refractivity contribution in [3.8, 4) is 0 Å². The average Bonchev–Trinajstić information content (AvgIpc) is 2.33. The molecule has 1 amide bonds. The number of nitrogens with two attached hydrogens (primary N) is 1. The maximum atomic E-state index is 12.2. The van der Waals surface area contributed by atoms with Crippen LogP contribution >= 0.6 is 0 Å². The van der Waals surface area contributed by atoms with E-state index in [2.05, 4.69) is 5.32 Å². The van der Waals surface area contributed by atoms with Crippen LogP contribution < -0.4 is 16.0 Å². The molecule has 0 fully saturated rings. The third-order valence-electron chi connectivity index (χ3n) is 3.19. The van der Waals surface area contributed by atoms with E-state index in [0.29, 0.717) is 18.7 Å². The van der Waals surface area contributed by atoms with Crippen LogP contribution in [0.1, 0.15) is 41.0 Å². The standard InChI is InChI=1S/C17H29N3O2/c1-16(2,3)10-15(21)20(6)12-7-8-14(13(18)9-12)19-11-17(4,5)22/h7-9,19,22H,10-11,18H2,1-6H3. The summed E-state index contributed by atoms with van der Waals surface area (Å²) in [4.78, 5) is 13.9. The lowest BCUT2D eigenvalue weighted by Crippen LogP contribution is -2.30. The van der Waals surface area contributed by atoms with Crippen molar-refractivity contribution in [2.24, 2.45) is 5.41 Å². The largest absolute Gasteiger partial charge is 0.397 e. The molecule has 0 aromatic heterocycles. The fraction of sp³-hybridized carbons (Fsp3) is 0.588. The Morgan fingerprint density at radius 2 is 1.86 bits per heavy atom. The van der Waals surface area contributed by atoms with Crippen molar-refractivity contribution >= 4 is 23.0 Å². The van der Waals surface area contributed by atoms with E-state index in [0.717, 1.165) is 11.4 Å². The van der Waals surface area contributed by atoms with Crippen molar-refractivity contribution in [2.45, 2.75) is 46.6 Å². The number of anilines is 3. The highest BCUT2D eigenvalue weighted by molar-refractivity contribution is 5.94. The zero-order valence-corrected chi connectivity index (χ0v) is 14.5. The van der Waals surface area contributed by atoms with Gasteiger partial charge in [0.25, 0.3) is 0 Å². The van der Waals surface area contributed by atoms with Gasteiger partial charge in [-0.25, -0.2) is 0 Å². The Morgan fingerprint density at radius 3 is 2.32 bits per heavy atom. The summed E-state index contributed by atoms with van der Waals surface area (Å²) >= 11 is 0. The summed E-state index contributed by atoms with van der Waals surface area (Å²) in [6.07, 6.45) is 0.474. The number of aliphatic hydroxyl groups is 1. The number of hydrogen-bond acceptors (Lipinski definition) is 4. The molecule has 0 spiro atoms. The highest BCUT2D eigenvalue weighted by Gasteiger charge is 2.20. The molecule has 0 aliphatic rings. The molecule has 124 valence electrons. The Morgan fingerprint density at radius 1 is 1.27 bits per heavy atom. The molecule has 0 unspecified atom stereocenters. The van der Waals surface area contributed by atoms with Crippen LogP contribution in [0, 0.1) is 5.41 Å². The van der Waals surface area contributed by atoms with Gasteiger partial charge in [-0.3, -0.25) is 4.79 Å². The summed E-state index contributed by atoms with van der Waals surface area (Å²) in [5.74, 6) is 0.0594. The molecular formula is C17H29N3O2. The van der Waals surface area contributed by atoms with E-state index in [1.54, 1.807) is 31.9 Å². The van der Waals surface area contributed by atoms with Crippen LogP contribution in [-0.4, -0.2) is 30.2 Å². The second-order valence-electron chi connectivity index (χ2n) is 7.63. The van der Waals surface area contributed by atoms with Gasteiger partial charge in [0.15, 0.2) is 0 Å². The Balaban J connectivity index is 2.82. The molecule has 1 aromatic carbocycles.